The van der Waals surface area contributed by atoms with E-state index in [-0.39, 0.29) is 16.7 Å². The summed E-state index contributed by atoms with van der Waals surface area (Å²) >= 11 is 0. The quantitative estimate of drug-likeness (QED) is 0.794. The number of hydrogen-bond donors (Lipinski definition) is 2. The molecule has 1 saturated carbocycles. The molecule has 0 unspecified atom stereocenters. The van der Waals surface area contributed by atoms with Gasteiger partial charge < -0.3 is 10.2 Å². The second-order valence-electron chi connectivity index (χ2n) is 6.98. The molecule has 0 aliphatic heterocycles. The predicted octanol–water partition coefficient (Wildman–Crippen LogP) is 2.48. The summed E-state index contributed by atoms with van der Waals surface area (Å²) in [6.07, 6.45) is 0.818. The minimum Gasteiger partial charge on any atom is -0.481 e. The Bertz CT molecular complexity index is 318. The summed E-state index contributed by atoms with van der Waals surface area (Å²) < 4.78 is 0. The molecule has 0 bridgehead atoms. The van der Waals surface area contributed by atoms with Crippen LogP contribution in [0, 0.1) is 28.6 Å². The van der Waals surface area contributed by atoms with E-state index in [9.17, 15) is 9.59 Å². The lowest BCUT2D eigenvalue weighted by atomic mass is 9.72. The molecule has 4 heteroatoms. The molecule has 2 N–H and O–H groups in total. The standard InChI is InChI=1S/C13H22O4/c1-12(2,3)6-13(4,5)9-7(10(14)15)8(9)11(16)17/h7-9H,6H2,1-5H3,(H,14,15)(H,16,17)/t7-,8-/m0/s1. The van der Waals surface area contributed by atoms with Crippen molar-refractivity contribution in [2.75, 3.05) is 0 Å². The number of rotatable bonds is 4. The van der Waals surface area contributed by atoms with Crippen LogP contribution < -0.4 is 0 Å². The summed E-state index contributed by atoms with van der Waals surface area (Å²) in [6, 6.07) is 0. The highest BCUT2D eigenvalue weighted by molar-refractivity contribution is 5.86. The number of carboxylic acid groups (broad SMARTS) is 2. The van der Waals surface area contributed by atoms with Crippen molar-refractivity contribution in [2.45, 2.75) is 41.0 Å². The molecule has 1 aliphatic carbocycles. The van der Waals surface area contributed by atoms with E-state index in [1.807, 2.05) is 13.8 Å². The molecule has 4 nitrogen and oxygen atoms in total. The van der Waals surface area contributed by atoms with E-state index < -0.39 is 23.8 Å². The zero-order valence-electron chi connectivity index (χ0n) is 11.2. The smallest absolute Gasteiger partial charge is 0.307 e. The topological polar surface area (TPSA) is 74.6 Å². The van der Waals surface area contributed by atoms with Crippen molar-refractivity contribution in [3.8, 4) is 0 Å². The van der Waals surface area contributed by atoms with Crippen LogP contribution in [-0.4, -0.2) is 22.2 Å². The van der Waals surface area contributed by atoms with Crippen LogP contribution >= 0.6 is 0 Å². The molecule has 0 aromatic rings. The van der Waals surface area contributed by atoms with Gasteiger partial charge in [0, 0.05) is 0 Å². The molecule has 0 saturated heterocycles. The molecule has 17 heavy (non-hydrogen) atoms. The Kier molecular flexibility index (Phi) is 3.29. The number of aliphatic carboxylic acids is 2. The summed E-state index contributed by atoms with van der Waals surface area (Å²) in [4.78, 5) is 22.1. The molecule has 0 amide bonds. The maximum atomic E-state index is 11.0. The first-order valence-corrected chi connectivity index (χ1v) is 5.93. The van der Waals surface area contributed by atoms with Crippen LogP contribution in [0.25, 0.3) is 0 Å². The average Bonchev–Trinajstić information content (AvgIpc) is 2.71. The monoisotopic (exact) mass is 242 g/mol. The molecule has 0 aromatic heterocycles. The maximum Gasteiger partial charge on any atom is 0.307 e. The van der Waals surface area contributed by atoms with E-state index in [1.165, 1.54) is 0 Å². The van der Waals surface area contributed by atoms with Crippen LogP contribution in [0.4, 0.5) is 0 Å². The highest BCUT2D eigenvalue weighted by Crippen LogP contribution is 2.59. The molecule has 98 valence electrons. The maximum absolute atomic E-state index is 11.0. The SMILES string of the molecule is CC(C)(C)CC(C)(C)C1[C@@H](C(=O)O)[C@@H]1C(=O)O. The van der Waals surface area contributed by atoms with E-state index in [0.717, 1.165) is 6.42 Å². The first-order valence-electron chi connectivity index (χ1n) is 5.93. The van der Waals surface area contributed by atoms with E-state index >= 15 is 0 Å². The fourth-order valence-electron chi connectivity index (χ4n) is 3.38. The van der Waals surface area contributed by atoms with Crippen molar-refractivity contribution in [1.82, 2.24) is 0 Å². The van der Waals surface area contributed by atoms with Crippen molar-refractivity contribution in [2.24, 2.45) is 28.6 Å². The summed E-state index contributed by atoms with van der Waals surface area (Å²) in [7, 11) is 0. The fraction of sp³-hybridized carbons (Fsp3) is 0.846. The van der Waals surface area contributed by atoms with Crippen LogP contribution in [0.2, 0.25) is 0 Å². The predicted molar refractivity (Wildman–Crippen MR) is 63.6 cm³/mol. The molecule has 2 atom stereocenters. The molecule has 0 aromatic carbocycles. The number of hydrogen-bond acceptors (Lipinski definition) is 2. The van der Waals surface area contributed by atoms with Crippen LogP contribution in [0.5, 0.6) is 0 Å². The minimum atomic E-state index is -0.982. The Morgan fingerprint density at radius 2 is 1.29 bits per heavy atom. The first kappa shape index (κ1) is 14.0. The van der Waals surface area contributed by atoms with Crippen molar-refractivity contribution < 1.29 is 19.8 Å². The van der Waals surface area contributed by atoms with Crippen molar-refractivity contribution in [1.29, 1.82) is 0 Å². The van der Waals surface area contributed by atoms with Gasteiger partial charge in [-0.15, -0.1) is 0 Å². The summed E-state index contributed by atoms with van der Waals surface area (Å²) in [6.45, 7) is 10.2. The lowest BCUT2D eigenvalue weighted by molar-refractivity contribution is -0.144. The largest absolute Gasteiger partial charge is 0.481 e. The van der Waals surface area contributed by atoms with Gasteiger partial charge in [0.25, 0.3) is 0 Å². The lowest BCUT2D eigenvalue weighted by Gasteiger charge is -2.33. The molecule has 1 fully saturated rings. The zero-order valence-corrected chi connectivity index (χ0v) is 11.2. The van der Waals surface area contributed by atoms with Crippen LogP contribution in [-0.2, 0) is 9.59 Å². The van der Waals surface area contributed by atoms with Gasteiger partial charge in [-0.2, -0.15) is 0 Å². The van der Waals surface area contributed by atoms with Gasteiger partial charge in [0.15, 0.2) is 0 Å². The van der Waals surface area contributed by atoms with Crippen molar-refractivity contribution in [3.63, 3.8) is 0 Å². The Morgan fingerprint density at radius 1 is 0.941 bits per heavy atom. The lowest BCUT2D eigenvalue weighted by Crippen LogP contribution is -2.25. The third-order valence-corrected chi connectivity index (χ3v) is 3.48. The molecular formula is C13H22O4. The second kappa shape index (κ2) is 4.00. The molecule has 0 heterocycles. The zero-order chi connectivity index (χ0) is 13.6. The van der Waals surface area contributed by atoms with Gasteiger partial charge in [-0.05, 0) is 23.2 Å². The highest BCUT2D eigenvalue weighted by atomic mass is 16.4. The van der Waals surface area contributed by atoms with E-state index in [2.05, 4.69) is 20.8 Å². The van der Waals surface area contributed by atoms with Crippen molar-refractivity contribution in [3.05, 3.63) is 0 Å². The number of carbonyl (C=O) groups is 2. The second-order valence-corrected chi connectivity index (χ2v) is 6.98. The Balaban J connectivity index is 2.86. The Morgan fingerprint density at radius 3 is 1.53 bits per heavy atom. The van der Waals surface area contributed by atoms with Crippen LogP contribution in [0.3, 0.4) is 0 Å². The summed E-state index contributed by atoms with van der Waals surface area (Å²) in [5, 5.41) is 18.1. The van der Waals surface area contributed by atoms with Gasteiger partial charge in [-0.3, -0.25) is 9.59 Å². The van der Waals surface area contributed by atoms with E-state index in [4.69, 9.17) is 10.2 Å². The molecule has 1 rings (SSSR count). The minimum absolute atomic E-state index is 0.0677. The highest BCUT2D eigenvalue weighted by Gasteiger charge is 2.65. The van der Waals surface area contributed by atoms with Gasteiger partial charge >= 0.3 is 11.9 Å². The van der Waals surface area contributed by atoms with E-state index in [0.29, 0.717) is 0 Å². The summed E-state index contributed by atoms with van der Waals surface area (Å²) in [5.74, 6) is -3.65. The third-order valence-electron chi connectivity index (χ3n) is 3.48. The van der Waals surface area contributed by atoms with E-state index in [1.54, 1.807) is 0 Å². The Hall–Kier alpha value is -1.06. The number of carboxylic acids is 2. The average molecular weight is 242 g/mol. The van der Waals surface area contributed by atoms with Gasteiger partial charge in [0.05, 0.1) is 11.8 Å². The fourth-order valence-corrected chi connectivity index (χ4v) is 3.38. The van der Waals surface area contributed by atoms with Gasteiger partial charge in [-0.1, -0.05) is 34.6 Å². The first-order chi connectivity index (χ1) is 7.47. The van der Waals surface area contributed by atoms with Crippen LogP contribution in [0.1, 0.15) is 41.0 Å². The molecule has 0 radical (unpaired) electrons. The summed E-state index contributed by atoms with van der Waals surface area (Å²) in [5.41, 5.74) is -0.192. The van der Waals surface area contributed by atoms with Gasteiger partial charge in [0.2, 0.25) is 0 Å². The van der Waals surface area contributed by atoms with Gasteiger partial charge in [0.1, 0.15) is 0 Å². The Labute approximate surface area is 102 Å². The van der Waals surface area contributed by atoms with Crippen molar-refractivity contribution >= 4 is 11.9 Å². The molecule has 0 spiro atoms. The normalized spacial score (nSPS) is 28.9. The van der Waals surface area contributed by atoms with Gasteiger partial charge in [-0.25, -0.2) is 0 Å². The molecule has 1 aliphatic rings. The van der Waals surface area contributed by atoms with Crippen LogP contribution in [0.15, 0.2) is 0 Å². The third kappa shape index (κ3) is 2.99. The molecular weight excluding hydrogens is 220 g/mol.